The number of halogens is 1. The number of ether oxygens (including phenoxy) is 2. The van der Waals surface area contributed by atoms with Gasteiger partial charge in [-0.3, -0.25) is 14.5 Å². The lowest BCUT2D eigenvalue weighted by atomic mass is 9.95. The van der Waals surface area contributed by atoms with E-state index >= 15 is 0 Å². The van der Waals surface area contributed by atoms with Crippen LogP contribution in [0, 0.1) is 0 Å². The summed E-state index contributed by atoms with van der Waals surface area (Å²) in [5.74, 6) is -1.11. The lowest BCUT2D eigenvalue weighted by molar-refractivity contribution is -0.117. The molecule has 1 amide bonds. The SMILES string of the molecule is CCOc1cc(C2C(C(=O)c3ccco3)=C(O)C(=O)N2c2nc3ccc(Cl)cc3s2)ccc1OCc1ccccc1. The predicted octanol–water partition coefficient (Wildman–Crippen LogP) is 7.30. The fourth-order valence-electron chi connectivity index (χ4n) is 4.70. The second-order valence-electron chi connectivity index (χ2n) is 9.17. The number of amides is 1. The molecule has 1 unspecified atom stereocenters. The molecule has 2 aromatic heterocycles. The average Bonchev–Trinajstić information content (AvgIpc) is 3.71. The Kier molecular flexibility index (Phi) is 7.21. The van der Waals surface area contributed by atoms with Gasteiger partial charge in [-0.15, -0.1) is 0 Å². The average molecular weight is 587 g/mol. The standard InChI is InChI=1S/C31H23ClN2O6S/c1-2-38-24-15-19(10-13-22(24)40-17-18-7-4-3-5-8-18)27-26(28(35)23-9-6-14-39-23)29(36)30(37)34(27)31-33-21-12-11-20(32)16-25(21)41-31/h3-16,27,36H,2,17H2,1H3. The summed E-state index contributed by atoms with van der Waals surface area (Å²) >= 11 is 7.41. The molecule has 0 saturated heterocycles. The zero-order valence-corrected chi connectivity index (χ0v) is 23.3. The normalized spacial score (nSPS) is 15.1. The van der Waals surface area contributed by atoms with Crippen LogP contribution < -0.4 is 14.4 Å². The second-order valence-corrected chi connectivity index (χ2v) is 10.6. The smallest absolute Gasteiger partial charge is 0.296 e. The first kappa shape index (κ1) is 26.6. The van der Waals surface area contributed by atoms with Crippen LogP contribution in [0.4, 0.5) is 5.13 Å². The third-order valence-electron chi connectivity index (χ3n) is 6.56. The van der Waals surface area contributed by atoms with Crippen molar-refractivity contribution >= 4 is 50.0 Å². The Bertz CT molecular complexity index is 1780. The van der Waals surface area contributed by atoms with Crippen molar-refractivity contribution in [2.24, 2.45) is 0 Å². The van der Waals surface area contributed by atoms with Crippen molar-refractivity contribution in [1.82, 2.24) is 4.98 Å². The van der Waals surface area contributed by atoms with Crippen LogP contribution >= 0.6 is 22.9 Å². The predicted molar refractivity (Wildman–Crippen MR) is 156 cm³/mol. The molecular formula is C31H23ClN2O6S. The Hall–Kier alpha value is -4.60. The third kappa shape index (κ3) is 5.05. The van der Waals surface area contributed by atoms with Crippen molar-refractivity contribution in [3.05, 3.63) is 118 Å². The Morgan fingerprint density at radius 1 is 1.05 bits per heavy atom. The molecule has 0 spiro atoms. The van der Waals surface area contributed by atoms with E-state index in [1.54, 1.807) is 42.5 Å². The minimum atomic E-state index is -1.02. The molecule has 3 aromatic carbocycles. The molecule has 3 heterocycles. The molecule has 41 heavy (non-hydrogen) atoms. The molecule has 6 rings (SSSR count). The zero-order chi connectivity index (χ0) is 28.5. The molecule has 1 atom stereocenters. The van der Waals surface area contributed by atoms with Crippen LogP contribution in [0.5, 0.6) is 11.5 Å². The van der Waals surface area contributed by atoms with E-state index in [2.05, 4.69) is 4.98 Å². The Balaban J connectivity index is 1.45. The number of rotatable bonds is 9. The highest BCUT2D eigenvalue weighted by Crippen LogP contribution is 2.46. The molecule has 10 heteroatoms. The molecule has 0 bridgehead atoms. The van der Waals surface area contributed by atoms with Crippen LogP contribution in [0.15, 0.2) is 101 Å². The summed E-state index contributed by atoms with van der Waals surface area (Å²) in [7, 11) is 0. The van der Waals surface area contributed by atoms with Gasteiger partial charge in [-0.1, -0.05) is 59.3 Å². The number of aliphatic hydroxyl groups excluding tert-OH is 1. The first-order chi connectivity index (χ1) is 19.9. The molecule has 1 aliphatic heterocycles. The van der Waals surface area contributed by atoms with Crippen LogP contribution in [0.25, 0.3) is 10.2 Å². The van der Waals surface area contributed by atoms with Gasteiger partial charge in [0.1, 0.15) is 6.61 Å². The number of carbonyl (C=O) groups excluding carboxylic acids is 2. The van der Waals surface area contributed by atoms with E-state index in [9.17, 15) is 14.7 Å². The third-order valence-corrected chi connectivity index (χ3v) is 7.82. The topological polar surface area (TPSA) is 102 Å². The van der Waals surface area contributed by atoms with Crippen molar-refractivity contribution in [3.8, 4) is 11.5 Å². The van der Waals surface area contributed by atoms with Gasteiger partial charge in [0.05, 0.1) is 34.7 Å². The zero-order valence-electron chi connectivity index (χ0n) is 21.7. The van der Waals surface area contributed by atoms with E-state index < -0.39 is 23.5 Å². The molecule has 0 fully saturated rings. The highest BCUT2D eigenvalue weighted by atomic mass is 35.5. The number of nitrogens with zero attached hydrogens (tertiary/aromatic N) is 2. The monoisotopic (exact) mass is 586 g/mol. The minimum Gasteiger partial charge on any atom is -0.503 e. The molecule has 1 N–H and O–H groups in total. The lowest BCUT2D eigenvalue weighted by Crippen LogP contribution is -2.31. The van der Waals surface area contributed by atoms with E-state index in [1.165, 1.54) is 28.6 Å². The molecule has 0 aliphatic carbocycles. The number of carbonyl (C=O) groups is 2. The highest BCUT2D eigenvalue weighted by Gasteiger charge is 2.46. The highest BCUT2D eigenvalue weighted by molar-refractivity contribution is 7.22. The van der Waals surface area contributed by atoms with Gasteiger partial charge in [0.25, 0.3) is 5.91 Å². The molecule has 5 aromatic rings. The van der Waals surface area contributed by atoms with Gasteiger partial charge >= 0.3 is 0 Å². The summed E-state index contributed by atoms with van der Waals surface area (Å²) in [5.41, 5.74) is 2.01. The van der Waals surface area contributed by atoms with E-state index in [0.717, 1.165) is 10.3 Å². The maximum atomic E-state index is 13.6. The number of Topliss-reactive ketones (excluding diaryl/α,β-unsaturated/α-hetero) is 1. The van der Waals surface area contributed by atoms with E-state index in [-0.39, 0.29) is 11.3 Å². The number of thiazole rings is 1. The van der Waals surface area contributed by atoms with Crippen molar-refractivity contribution in [2.75, 3.05) is 11.5 Å². The van der Waals surface area contributed by atoms with Crippen molar-refractivity contribution in [3.63, 3.8) is 0 Å². The number of hydrogen-bond donors (Lipinski definition) is 1. The summed E-state index contributed by atoms with van der Waals surface area (Å²) in [5, 5.41) is 11.9. The first-order valence-corrected chi connectivity index (χ1v) is 14.0. The molecular weight excluding hydrogens is 564 g/mol. The summed E-state index contributed by atoms with van der Waals surface area (Å²) < 4.78 is 18.1. The molecule has 0 radical (unpaired) electrons. The number of aromatic nitrogens is 1. The van der Waals surface area contributed by atoms with E-state index in [4.69, 9.17) is 25.5 Å². The van der Waals surface area contributed by atoms with Gasteiger partial charge in [0, 0.05) is 5.02 Å². The summed E-state index contributed by atoms with van der Waals surface area (Å²) in [4.78, 5) is 33.1. The summed E-state index contributed by atoms with van der Waals surface area (Å²) in [6.45, 7) is 2.53. The summed E-state index contributed by atoms with van der Waals surface area (Å²) in [6, 6.07) is 22.2. The van der Waals surface area contributed by atoms with Gasteiger partial charge < -0.3 is 19.0 Å². The van der Waals surface area contributed by atoms with Crippen LogP contribution in [-0.2, 0) is 11.4 Å². The Labute approximate surface area is 244 Å². The van der Waals surface area contributed by atoms with Crippen LogP contribution in [-0.4, -0.2) is 28.4 Å². The number of furan rings is 1. The Morgan fingerprint density at radius 3 is 2.63 bits per heavy atom. The van der Waals surface area contributed by atoms with Gasteiger partial charge in [-0.05, 0) is 60.5 Å². The van der Waals surface area contributed by atoms with Gasteiger partial charge in [0.2, 0.25) is 5.78 Å². The summed E-state index contributed by atoms with van der Waals surface area (Å²) in [6.07, 6.45) is 1.36. The molecule has 206 valence electrons. The Morgan fingerprint density at radius 2 is 1.88 bits per heavy atom. The number of hydrogen-bond acceptors (Lipinski definition) is 8. The van der Waals surface area contributed by atoms with Gasteiger partial charge in [-0.25, -0.2) is 4.98 Å². The van der Waals surface area contributed by atoms with Crippen LogP contribution in [0.3, 0.4) is 0 Å². The minimum absolute atomic E-state index is 0.00451. The van der Waals surface area contributed by atoms with Crippen molar-refractivity contribution < 1.29 is 28.6 Å². The maximum Gasteiger partial charge on any atom is 0.296 e. The van der Waals surface area contributed by atoms with E-state index in [0.29, 0.717) is 45.9 Å². The lowest BCUT2D eigenvalue weighted by Gasteiger charge is -2.25. The second kappa shape index (κ2) is 11.1. The molecule has 0 saturated carbocycles. The maximum absolute atomic E-state index is 13.6. The van der Waals surface area contributed by atoms with E-state index in [1.807, 2.05) is 37.3 Å². The van der Waals surface area contributed by atoms with Crippen LogP contribution in [0.1, 0.15) is 34.6 Å². The van der Waals surface area contributed by atoms with Crippen LogP contribution in [0.2, 0.25) is 5.02 Å². The van der Waals surface area contributed by atoms with Gasteiger partial charge in [-0.2, -0.15) is 0 Å². The number of anilines is 1. The van der Waals surface area contributed by atoms with Crippen molar-refractivity contribution in [1.29, 1.82) is 0 Å². The quantitative estimate of drug-likeness (QED) is 0.181. The number of fused-ring (bicyclic) bond motifs is 1. The number of ketones is 1. The number of aliphatic hydroxyl groups is 1. The first-order valence-electron chi connectivity index (χ1n) is 12.8. The van der Waals surface area contributed by atoms with Crippen molar-refractivity contribution in [2.45, 2.75) is 19.6 Å². The fraction of sp³-hybridized carbons (Fsp3) is 0.129. The largest absolute Gasteiger partial charge is 0.503 e. The molecule has 1 aliphatic rings. The fourth-order valence-corrected chi connectivity index (χ4v) is 5.97. The molecule has 8 nitrogen and oxygen atoms in total. The number of benzene rings is 3. The van der Waals surface area contributed by atoms with Gasteiger partial charge in [0.15, 0.2) is 28.1 Å².